The monoisotopic (exact) mass is 479 g/mol. The van der Waals surface area contributed by atoms with Crippen LogP contribution >= 0.6 is 15.9 Å². The van der Waals surface area contributed by atoms with E-state index in [0.717, 1.165) is 35.9 Å². The van der Waals surface area contributed by atoms with Crippen LogP contribution in [0, 0.1) is 0 Å². The molecule has 3 rings (SSSR count). The molecule has 0 bridgehead atoms. The first kappa shape index (κ1) is 22.0. The summed E-state index contributed by atoms with van der Waals surface area (Å²) in [6.07, 6.45) is 1.15. The van der Waals surface area contributed by atoms with Gasteiger partial charge in [0, 0.05) is 43.7 Å². The van der Waals surface area contributed by atoms with E-state index in [-0.39, 0.29) is 19.0 Å². The zero-order chi connectivity index (χ0) is 20.9. The van der Waals surface area contributed by atoms with Crippen molar-refractivity contribution in [1.29, 1.82) is 0 Å². The molecule has 1 heterocycles. The van der Waals surface area contributed by atoms with Crippen LogP contribution < -0.4 is 0 Å². The van der Waals surface area contributed by atoms with Crippen LogP contribution in [-0.2, 0) is 27.9 Å². The smallest absolute Gasteiger partial charge is 0.237 e. The Kier molecular flexibility index (Phi) is 7.45. The second-order valence-corrected chi connectivity index (χ2v) is 10.2. The highest BCUT2D eigenvalue weighted by atomic mass is 79.9. The second kappa shape index (κ2) is 9.84. The van der Waals surface area contributed by atoms with Crippen LogP contribution in [0.2, 0.25) is 0 Å². The molecule has 1 fully saturated rings. The molecule has 2 aromatic rings. The van der Waals surface area contributed by atoms with Gasteiger partial charge in [-0.15, -0.1) is 0 Å². The van der Waals surface area contributed by atoms with Gasteiger partial charge < -0.3 is 4.90 Å². The van der Waals surface area contributed by atoms with Crippen LogP contribution in [0.25, 0.3) is 0 Å². The van der Waals surface area contributed by atoms with E-state index in [9.17, 15) is 13.2 Å². The van der Waals surface area contributed by atoms with Crippen molar-refractivity contribution in [2.75, 3.05) is 39.0 Å². The lowest BCUT2D eigenvalue weighted by Gasteiger charge is -2.35. The minimum Gasteiger partial charge on any atom is -0.339 e. The molecule has 8 heteroatoms. The number of piperazine rings is 1. The molecule has 2 aromatic carbocycles. The van der Waals surface area contributed by atoms with E-state index in [0.29, 0.717) is 13.1 Å². The van der Waals surface area contributed by atoms with Crippen molar-refractivity contribution in [2.24, 2.45) is 0 Å². The first-order valence-corrected chi connectivity index (χ1v) is 12.2. The molecule has 0 aliphatic carbocycles. The third-order valence-electron chi connectivity index (χ3n) is 5.03. The molecule has 0 unspecified atom stereocenters. The fraction of sp³-hybridized carbons (Fsp3) is 0.381. The predicted molar refractivity (Wildman–Crippen MR) is 118 cm³/mol. The average molecular weight is 480 g/mol. The number of rotatable bonds is 7. The molecule has 0 radical (unpaired) electrons. The summed E-state index contributed by atoms with van der Waals surface area (Å²) in [5, 5.41) is 0. The molecule has 0 N–H and O–H groups in total. The van der Waals surface area contributed by atoms with Gasteiger partial charge in [0.15, 0.2) is 0 Å². The third-order valence-corrected chi connectivity index (χ3v) is 6.75. The Labute approximate surface area is 181 Å². The Bertz CT molecular complexity index is 912. The average Bonchev–Trinajstić information content (AvgIpc) is 2.69. The molecule has 6 nitrogen and oxygen atoms in total. The van der Waals surface area contributed by atoms with E-state index in [1.165, 1.54) is 9.87 Å². The first-order chi connectivity index (χ1) is 13.8. The number of amides is 1. The molecule has 0 spiro atoms. The highest BCUT2D eigenvalue weighted by Crippen LogP contribution is 2.15. The number of hydrogen-bond donors (Lipinski definition) is 0. The van der Waals surface area contributed by atoms with E-state index in [1.54, 1.807) is 4.90 Å². The predicted octanol–water partition coefficient (Wildman–Crippen LogP) is 2.56. The molecule has 29 heavy (non-hydrogen) atoms. The molecular weight excluding hydrogens is 454 g/mol. The lowest BCUT2D eigenvalue weighted by Crippen LogP contribution is -2.51. The molecule has 0 aromatic heterocycles. The van der Waals surface area contributed by atoms with E-state index >= 15 is 0 Å². The molecule has 0 atom stereocenters. The summed E-state index contributed by atoms with van der Waals surface area (Å²) in [5.74, 6) is -0.146. The number of carbonyl (C=O) groups excluding carboxylic acids is 1. The summed E-state index contributed by atoms with van der Waals surface area (Å²) >= 11 is 3.37. The summed E-state index contributed by atoms with van der Waals surface area (Å²) in [6.45, 7) is 3.71. The largest absolute Gasteiger partial charge is 0.339 e. The van der Waals surface area contributed by atoms with Crippen molar-refractivity contribution in [3.8, 4) is 0 Å². The van der Waals surface area contributed by atoms with Crippen LogP contribution in [0.1, 0.15) is 11.1 Å². The molecule has 1 saturated heterocycles. The third kappa shape index (κ3) is 6.64. The van der Waals surface area contributed by atoms with Gasteiger partial charge in [-0.2, -0.15) is 4.31 Å². The van der Waals surface area contributed by atoms with Crippen LogP contribution in [0.3, 0.4) is 0 Å². The van der Waals surface area contributed by atoms with Crippen molar-refractivity contribution in [2.45, 2.75) is 13.1 Å². The number of benzene rings is 2. The van der Waals surface area contributed by atoms with Gasteiger partial charge in [0.2, 0.25) is 15.9 Å². The quantitative estimate of drug-likeness (QED) is 0.612. The Morgan fingerprint density at radius 2 is 1.59 bits per heavy atom. The fourth-order valence-electron chi connectivity index (χ4n) is 3.33. The number of halogens is 1. The number of hydrogen-bond acceptors (Lipinski definition) is 4. The Morgan fingerprint density at radius 3 is 2.17 bits per heavy atom. The highest BCUT2D eigenvalue weighted by molar-refractivity contribution is 9.10. The molecule has 1 aliphatic rings. The van der Waals surface area contributed by atoms with E-state index in [2.05, 4.69) is 33.0 Å². The summed E-state index contributed by atoms with van der Waals surface area (Å²) in [7, 11) is -3.49. The maximum atomic E-state index is 12.8. The summed E-state index contributed by atoms with van der Waals surface area (Å²) in [5.41, 5.74) is 2.10. The van der Waals surface area contributed by atoms with E-state index in [4.69, 9.17) is 0 Å². The zero-order valence-corrected chi connectivity index (χ0v) is 18.9. The molecule has 156 valence electrons. The minimum absolute atomic E-state index is 0.131. The highest BCUT2D eigenvalue weighted by Gasteiger charge is 2.26. The Balaban J connectivity index is 1.55. The standard InChI is InChI=1S/C21H26BrN3O3S/c1-29(27,28)25(16-19-7-9-20(22)10-8-19)17-21(26)24-13-11-23(12-14-24)15-18-5-3-2-4-6-18/h2-10H,11-17H2,1H3. The molecule has 0 saturated carbocycles. The first-order valence-electron chi connectivity index (χ1n) is 9.55. The van der Waals surface area contributed by atoms with Crippen LogP contribution in [0.5, 0.6) is 0 Å². The summed E-state index contributed by atoms with van der Waals surface area (Å²) < 4.78 is 26.6. The lowest BCUT2D eigenvalue weighted by atomic mass is 10.2. The van der Waals surface area contributed by atoms with Crippen molar-refractivity contribution in [3.05, 3.63) is 70.2 Å². The van der Waals surface area contributed by atoms with Gasteiger partial charge in [-0.25, -0.2) is 8.42 Å². The van der Waals surface area contributed by atoms with Crippen LogP contribution in [0.4, 0.5) is 0 Å². The Morgan fingerprint density at radius 1 is 0.966 bits per heavy atom. The minimum atomic E-state index is -3.49. The summed E-state index contributed by atoms with van der Waals surface area (Å²) in [6, 6.07) is 17.7. The van der Waals surface area contributed by atoms with Gasteiger partial charge in [-0.05, 0) is 23.3 Å². The van der Waals surface area contributed by atoms with Crippen molar-refractivity contribution >= 4 is 31.9 Å². The lowest BCUT2D eigenvalue weighted by molar-refractivity contribution is -0.133. The second-order valence-electron chi connectivity index (χ2n) is 7.30. The maximum absolute atomic E-state index is 12.8. The van der Waals surface area contributed by atoms with Crippen molar-refractivity contribution < 1.29 is 13.2 Å². The zero-order valence-electron chi connectivity index (χ0n) is 16.5. The normalized spacial score (nSPS) is 15.6. The van der Waals surface area contributed by atoms with Gasteiger partial charge >= 0.3 is 0 Å². The maximum Gasteiger partial charge on any atom is 0.237 e. The number of carbonyl (C=O) groups is 1. The molecular formula is C21H26BrN3O3S. The SMILES string of the molecule is CS(=O)(=O)N(CC(=O)N1CCN(Cc2ccccc2)CC1)Cc1ccc(Br)cc1. The van der Waals surface area contributed by atoms with Gasteiger partial charge in [0.1, 0.15) is 0 Å². The van der Waals surface area contributed by atoms with Gasteiger partial charge in [-0.3, -0.25) is 9.69 Å². The van der Waals surface area contributed by atoms with Gasteiger partial charge in [-0.1, -0.05) is 58.4 Å². The van der Waals surface area contributed by atoms with Crippen molar-refractivity contribution in [1.82, 2.24) is 14.1 Å². The van der Waals surface area contributed by atoms with E-state index in [1.807, 2.05) is 42.5 Å². The van der Waals surface area contributed by atoms with Gasteiger partial charge in [0.05, 0.1) is 12.8 Å². The van der Waals surface area contributed by atoms with Crippen LogP contribution in [0.15, 0.2) is 59.1 Å². The number of sulfonamides is 1. The van der Waals surface area contributed by atoms with Crippen LogP contribution in [-0.4, -0.2) is 67.4 Å². The molecule has 1 amide bonds. The van der Waals surface area contributed by atoms with Gasteiger partial charge in [0.25, 0.3) is 0 Å². The number of nitrogens with zero attached hydrogens (tertiary/aromatic N) is 3. The van der Waals surface area contributed by atoms with E-state index < -0.39 is 10.0 Å². The molecule has 1 aliphatic heterocycles. The summed E-state index contributed by atoms with van der Waals surface area (Å²) in [4.78, 5) is 16.8. The topological polar surface area (TPSA) is 60.9 Å². The fourth-order valence-corrected chi connectivity index (χ4v) is 4.32. The Hall–Kier alpha value is -1.74. The van der Waals surface area contributed by atoms with Crippen molar-refractivity contribution in [3.63, 3.8) is 0 Å².